The van der Waals surface area contributed by atoms with Crippen LogP contribution in [0.4, 0.5) is 0 Å². The normalized spacial score (nSPS) is 10.5. The van der Waals surface area contributed by atoms with Gasteiger partial charge in [-0.15, -0.1) is 0 Å². The van der Waals surface area contributed by atoms with Gasteiger partial charge in [0.2, 0.25) is 5.89 Å². The maximum absolute atomic E-state index is 11.4. The maximum atomic E-state index is 11.4. The number of rotatable bonds is 3. The van der Waals surface area contributed by atoms with Crippen LogP contribution in [0.25, 0.3) is 22.8 Å². The highest BCUT2D eigenvalue weighted by molar-refractivity contribution is 9.10. The number of benzene rings is 2. The minimum absolute atomic E-state index is 0.0965. The molecule has 0 amide bonds. The van der Waals surface area contributed by atoms with Gasteiger partial charge in [-0.2, -0.15) is 0 Å². The fourth-order valence-corrected chi connectivity index (χ4v) is 2.46. The molecule has 3 rings (SSSR count). The molecule has 21 heavy (non-hydrogen) atoms. The molecule has 1 N–H and O–H groups in total. The topological polar surface area (TPSA) is 63.3 Å². The van der Waals surface area contributed by atoms with Gasteiger partial charge in [-0.1, -0.05) is 52.3 Å². The molecule has 0 fully saturated rings. The van der Waals surface area contributed by atoms with Gasteiger partial charge in [-0.05, 0) is 18.2 Å². The van der Waals surface area contributed by atoms with E-state index in [2.05, 4.69) is 20.9 Å². The fourth-order valence-electron chi connectivity index (χ4n) is 2.00. The quantitative estimate of drug-likeness (QED) is 0.761. The monoisotopic (exact) mass is 343 g/mol. The predicted octanol–water partition coefficient (Wildman–Crippen LogP) is 4.47. The SMILES string of the molecule is O=C(O)c1nc(-c2ccccc2)oc1-c1ccccc1Br. The fraction of sp³-hybridized carbons (Fsp3) is 0. The highest BCUT2D eigenvalue weighted by Crippen LogP contribution is 2.34. The van der Waals surface area contributed by atoms with Gasteiger partial charge < -0.3 is 9.52 Å². The lowest BCUT2D eigenvalue weighted by Gasteiger charge is -2.00. The summed E-state index contributed by atoms with van der Waals surface area (Å²) in [6.07, 6.45) is 0. The molecule has 104 valence electrons. The summed E-state index contributed by atoms with van der Waals surface area (Å²) in [5, 5.41) is 9.34. The van der Waals surface area contributed by atoms with Crippen molar-refractivity contribution in [3.63, 3.8) is 0 Å². The summed E-state index contributed by atoms with van der Waals surface area (Å²) in [4.78, 5) is 15.5. The predicted molar refractivity (Wildman–Crippen MR) is 82.0 cm³/mol. The van der Waals surface area contributed by atoms with Crippen LogP contribution in [0.2, 0.25) is 0 Å². The van der Waals surface area contributed by atoms with Crippen molar-refractivity contribution in [1.29, 1.82) is 0 Å². The van der Waals surface area contributed by atoms with Gasteiger partial charge in [0.05, 0.1) is 0 Å². The molecule has 0 bridgehead atoms. The number of nitrogens with zero attached hydrogens (tertiary/aromatic N) is 1. The van der Waals surface area contributed by atoms with E-state index >= 15 is 0 Å². The van der Waals surface area contributed by atoms with Crippen molar-refractivity contribution < 1.29 is 14.3 Å². The van der Waals surface area contributed by atoms with Crippen LogP contribution in [0.15, 0.2) is 63.5 Å². The number of halogens is 1. The summed E-state index contributed by atoms with van der Waals surface area (Å²) in [5.41, 5.74) is 1.30. The molecular weight excluding hydrogens is 334 g/mol. The number of oxazole rings is 1. The summed E-state index contributed by atoms with van der Waals surface area (Å²) in [6.45, 7) is 0. The molecule has 4 nitrogen and oxygen atoms in total. The standard InChI is InChI=1S/C16H10BrNO3/c17-12-9-5-4-8-11(12)14-13(16(19)20)18-15(21-14)10-6-2-1-3-7-10/h1-9H,(H,19,20). The van der Waals surface area contributed by atoms with Crippen LogP contribution < -0.4 is 0 Å². The Hall–Kier alpha value is -2.40. The molecular formula is C16H10BrNO3. The number of carboxylic acids is 1. The van der Waals surface area contributed by atoms with E-state index in [1.807, 2.05) is 48.5 Å². The molecule has 5 heteroatoms. The van der Waals surface area contributed by atoms with E-state index in [1.165, 1.54) is 0 Å². The summed E-state index contributed by atoms with van der Waals surface area (Å²) in [6, 6.07) is 16.5. The molecule has 0 aliphatic heterocycles. The summed E-state index contributed by atoms with van der Waals surface area (Å²) in [5.74, 6) is -0.584. The highest BCUT2D eigenvalue weighted by Gasteiger charge is 2.22. The van der Waals surface area contributed by atoms with Crippen LogP contribution in [-0.2, 0) is 0 Å². The Morgan fingerprint density at radius 2 is 1.71 bits per heavy atom. The molecule has 0 saturated heterocycles. The first-order chi connectivity index (χ1) is 10.2. The second kappa shape index (κ2) is 5.54. The minimum atomic E-state index is -1.12. The zero-order valence-corrected chi connectivity index (χ0v) is 12.4. The van der Waals surface area contributed by atoms with Crippen LogP contribution in [-0.4, -0.2) is 16.1 Å². The van der Waals surface area contributed by atoms with Crippen LogP contribution in [0.5, 0.6) is 0 Å². The Morgan fingerprint density at radius 1 is 1.05 bits per heavy atom. The van der Waals surface area contributed by atoms with Crippen LogP contribution >= 0.6 is 15.9 Å². The molecule has 0 saturated carbocycles. The van der Waals surface area contributed by atoms with Crippen molar-refractivity contribution in [2.24, 2.45) is 0 Å². The Kier molecular flexibility index (Phi) is 3.58. The van der Waals surface area contributed by atoms with Crippen LogP contribution in [0, 0.1) is 0 Å². The summed E-state index contributed by atoms with van der Waals surface area (Å²) in [7, 11) is 0. The van der Waals surface area contributed by atoms with E-state index in [1.54, 1.807) is 6.07 Å². The largest absolute Gasteiger partial charge is 0.476 e. The maximum Gasteiger partial charge on any atom is 0.358 e. The van der Waals surface area contributed by atoms with E-state index in [0.29, 0.717) is 11.5 Å². The first-order valence-corrected chi connectivity index (χ1v) is 7.00. The van der Waals surface area contributed by atoms with Gasteiger partial charge in [0.1, 0.15) is 0 Å². The molecule has 2 aromatic carbocycles. The molecule has 0 atom stereocenters. The first-order valence-electron chi connectivity index (χ1n) is 6.21. The van der Waals surface area contributed by atoms with Crippen molar-refractivity contribution in [2.75, 3.05) is 0 Å². The van der Waals surface area contributed by atoms with Gasteiger partial charge in [0.25, 0.3) is 0 Å². The summed E-state index contributed by atoms with van der Waals surface area (Å²) >= 11 is 3.40. The smallest absolute Gasteiger partial charge is 0.358 e. The molecule has 0 aliphatic rings. The van der Waals surface area contributed by atoms with Gasteiger partial charge in [0, 0.05) is 15.6 Å². The van der Waals surface area contributed by atoms with Crippen LogP contribution in [0.1, 0.15) is 10.5 Å². The Bertz CT molecular complexity index is 796. The van der Waals surface area contributed by atoms with Gasteiger partial charge in [0.15, 0.2) is 11.5 Å². The molecule has 0 radical (unpaired) electrons. The molecule has 0 aliphatic carbocycles. The number of carboxylic acid groups (broad SMARTS) is 1. The van der Waals surface area contributed by atoms with Gasteiger partial charge in [-0.25, -0.2) is 9.78 Å². The van der Waals surface area contributed by atoms with Crippen LogP contribution in [0.3, 0.4) is 0 Å². The third-order valence-electron chi connectivity index (χ3n) is 2.97. The van der Waals surface area contributed by atoms with E-state index in [9.17, 15) is 9.90 Å². The second-order valence-electron chi connectivity index (χ2n) is 4.35. The minimum Gasteiger partial charge on any atom is -0.476 e. The number of carbonyl (C=O) groups is 1. The van der Waals surface area contributed by atoms with E-state index < -0.39 is 5.97 Å². The number of aromatic nitrogens is 1. The van der Waals surface area contributed by atoms with Crippen molar-refractivity contribution in [2.45, 2.75) is 0 Å². The third-order valence-corrected chi connectivity index (χ3v) is 3.66. The second-order valence-corrected chi connectivity index (χ2v) is 5.20. The van der Waals surface area contributed by atoms with Gasteiger partial charge >= 0.3 is 5.97 Å². The molecule has 0 unspecified atom stereocenters. The molecule has 1 aromatic heterocycles. The Labute approximate surface area is 129 Å². The molecule has 0 spiro atoms. The van der Waals surface area contributed by atoms with Crippen molar-refractivity contribution in [1.82, 2.24) is 4.98 Å². The first kappa shape index (κ1) is 13.6. The van der Waals surface area contributed by atoms with Crippen molar-refractivity contribution in [3.05, 3.63) is 64.8 Å². The lowest BCUT2D eigenvalue weighted by Crippen LogP contribution is -1.99. The average molecular weight is 344 g/mol. The van der Waals surface area contributed by atoms with Crippen molar-refractivity contribution >= 4 is 21.9 Å². The number of aromatic carboxylic acids is 1. The third kappa shape index (κ3) is 2.60. The zero-order valence-electron chi connectivity index (χ0n) is 10.8. The van der Waals surface area contributed by atoms with E-state index in [4.69, 9.17) is 4.42 Å². The Balaban J connectivity index is 2.19. The molecule has 3 aromatic rings. The van der Waals surface area contributed by atoms with E-state index in [-0.39, 0.29) is 11.5 Å². The average Bonchev–Trinajstić information content (AvgIpc) is 2.94. The zero-order chi connectivity index (χ0) is 14.8. The highest BCUT2D eigenvalue weighted by atomic mass is 79.9. The summed E-state index contributed by atoms with van der Waals surface area (Å²) < 4.78 is 6.46. The van der Waals surface area contributed by atoms with Crippen molar-refractivity contribution in [3.8, 4) is 22.8 Å². The number of hydrogen-bond acceptors (Lipinski definition) is 3. The lowest BCUT2D eigenvalue weighted by atomic mass is 10.1. The van der Waals surface area contributed by atoms with E-state index in [0.717, 1.165) is 10.0 Å². The lowest BCUT2D eigenvalue weighted by molar-refractivity contribution is 0.0691. The Morgan fingerprint density at radius 3 is 2.38 bits per heavy atom. The molecule has 1 heterocycles. The number of hydrogen-bond donors (Lipinski definition) is 1. The van der Waals surface area contributed by atoms with Gasteiger partial charge in [-0.3, -0.25) is 0 Å².